The van der Waals surface area contributed by atoms with Crippen molar-refractivity contribution in [2.45, 2.75) is 12.5 Å². The number of aromatic nitrogens is 1. The van der Waals surface area contributed by atoms with Gasteiger partial charge in [-0.25, -0.2) is 4.98 Å². The first-order valence-corrected chi connectivity index (χ1v) is 6.22. The van der Waals surface area contributed by atoms with Crippen molar-refractivity contribution in [3.63, 3.8) is 0 Å². The number of morpholine rings is 1. The largest absolute Gasteiger partial charge is 0.438 e. The van der Waals surface area contributed by atoms with Crippen LogP contribution in [0.1, 0.15) is 17.6 Å². The number of rotatable bonds is 3. The predicted octanol–water partition coefficient (Wildman–Crippen LogP) is 0.812. The molecule has 3 N–H and O–H groups in total. The van der Waals surface area contributed by atoms with E-state index in [0.717, 1.165) is 18.4 Å². The van der Waals surface area contributed by atoms with Crippen LogP contribution < -0.4 is 11.1 Å². The van der Waals surface area contributed by atoms with E-state index in [4.69, 9.17) is 14.9 Å². The SMILES string of the molecule is Nc1cc2oc(C3CNCCO3)nc2cc1CC=O. The van der Waals surface area contributed by atoms with Gasteiger partial charge in [0.25, 0.3) is 0 Å². The van der Waals surface area contributed by atoms with Gasteiger partial charge in [0.1, 0.15) is 17.9 Å². The molecule has 3 rings (SSSR count). The second-order valence-electron chi connectivity index (χ2n) is 4.51. The van der Waals surface area contributed by atoms with Crippen LogP contribution in [0.3, 0.4) is 0 Å². The van der Waals surface area contributed by atoms with Gasteiger partial charge in [0.2, 0.25) is 5.89 Å². The second kappa shape index (κ2) is 4.99. The Morgan fingerprint density at radius 3 is 3.16 bits per heavy atom. The van der Waals surface area contributed by atoms with Crippen LogP contribution in [0.4, 0.5) is 5.69 Å². The van der Waals surface area contributed by atoms with Crippen molar-refractivity contribution in [1.29, 1.82) is 0 Å². The van der Waals surface area contributed by atoms with Gasteiger partial charge in [-0.3, -0.25) is 0 Å². The normalized spacial score (nSPS) is 19.7. The zero-order chi connectivity index (χ0) is 13.2. The van der Waals surface area contributed by atoms with Crippen molar-refractivity contribution >= 4 is 23.1 Å². The monoisotopic (exact) mass is 261 g/mol. The third kappa shape index (κ3) is 2.32. The summed E-state index contributed by atoms with van der Waals surface area (Å²) >= 11 is 0. The van der Waals surface area contributed by atoms with Crippen LogP contribution >= 0.6 is 0 Å². The Hall–Kier alpha value is -1.92. The van der Waals surface area contributed by atoms with Crippen molar-refractivity contribution in [3.8, 4) is 0 Å². The van der Waals surface area contributed by atoms with Crippen molar-refractivity contribution in [1.82, 2.24) is 10.3 Å². The van der Waals surface area contributed by atoms with E-state index in [1.54, 1.807) is 12.1 Å². The number of anilines is 1. The Kier molecular flexibility index (Phi) is 3.18. The number of fused-ring (bicyclic) bond motifs is 1. The van der Waals surface area contributed by atoms with Gasteiger partial charge in [-0.2, -0.15) is 0 Å². The summed E-state index contributed by atoms with van der Waals surface area (Å²) in [5, 5.41) is 3.22. The van der Waals surface area contributed by atoms with Crippen LogP contribution in [-0.2, 0) is 16.0 Å². The summed E-state index contributed by atoms with van der Waals surface area (Å²) < 4.78 is 11.3. The van der Waals surface area contributed by atoms with Crippen molar-refractivity contribution < 1.29 is 13.9 Å². The van der Waals surface area contributed by atoms with Crippen LogP contribution in [0.2, 0.25) is 0 Å². The summed E-state index contributed by atoms with van der Waals surface area (Å²) in [5.74, 6) is 0.546. The molecule has 0 amide bonds. The standard InChI is InChI=1S/C13H15N3O3/c14-9-6-11-10(5-8(9)1-3-17)16-13(19-11)12-7-15-2-4-18-12/h3,5-6,12,15H,1-2,4,7,14H2. The van der Waals surface area contributed by atoms with E-state index in [0.29, 0.717) is 35.8 Å². The minimum atomic E-state index is -0.170. The summed E-state index contributed by atoms with van der Waals surface area (Å²) in [5.41, 5.74) is 8.51. The molecule has 6 heteroatoms. The second-order valence-corrected chi connectivity index (χ2v) is 4.51. The van der Waals surface area contributed by atoms with Crippen LogP contribution in [0.25, 0.3) is 11.1 Å². The number of hydrogen-bond donors (Lipinski definition) is 2. The molecule has 1 aliphatic rings. The third-order valence-corrected chi connectivity index (χ3v) is 3.17. The fourth-order valence-corrected chi connectivity index (χ4v) is 2.18. The Morgan fingerprint density at radius 2 is 2.42 bits per heavy atom. The number of carbonyl (C=O) groups excluding carboxylic acids is 1. The number of benzene rings is 1. The van der Waals surface area contributed by atoms with Crippen molar-refractivity contribution in [2.24, 2.45) is 0 Å². The average Bonchev–Trinajstić information content (AvgIpc) is 2.83. The summed E-state index contributed by atoms with van der Waals surface area (Å²) in [4.78, 5) is 15.0. The molecule has 0 bridgehead atoms. The number of aldehydes is 1. The van der Waals surface area contributed by atoms with E-state index >= 15 is 0 Å². The smallest absolute Gasteiger partial charge is 0.225 e. The molecule has 1 unspecified atom stereocenters. The highest BCUT2D eigenvalue weighted by molar-refractivity contribution is 5.80. The van der Waals surface area contributed by atoms with Gasteiger partial charge >= 0.3 is 0 Å². The first-order valence-electron chi connectivity index (χ1n) is 6.22. The molecular formula is C13H15N3O3. The van der Waals surface area contributed by atoms with Crippen LogP contribution in [0.5, 0.6) is 0 Å². The van der Waals surface area contributed by atoms with Crippen molar-refractivity contribution in [3.05, 3.63) is 23.6 Å². The maximum absolute atomic E-state index is 10.6. The zero-order valence-corrected chi connectivity index (χ0v) is 10.4. The van der Waals surface area contributed by atoms with Gasteiger partial charge in [-0.1, -0.05) is 0 Å². The molecule has 6 nitrogen and oxygen atoms in total. The number of oxazole rings is 1. The van der Waals surface area contributed by atoms with Gasteiger partial charge < -0.3 is 25.0 Å². The highest BCUT2D eigenvalue weighted by atomic mass is 16.5. The molecule has 1 aromatic carbocycles. The topological polar surface area (TPSA) is 90.4 Å². The lowest BCUT2D eigenvalue weighted by molar-refractivity contribution is -0.107. The summed E-state index contributed by atoms with van der Waals surface area (Å²) in [7, 11) is 0. The van der Waals surface area contributed by atoms with E-state index in [9.17, 15) is 4.79 Å². The Labute approximate surface area is 109 Å². The van der Waals surface area contributed by atoms with E-state index in [-0.39, 0.29) is 12.5 Å². The molecule has 1 atom stereocenters. The van der Waals surface area contributed by atoms with Crippen molar-refractivity contribution in [2.75, 3.05) is 25.4 Å². The van der Waals surface area contributed by atoms with Gasteiger partial charge in [0.05, 0.1) is 6.61 Å². The molecule has 0 radical (unpaired) electrons. The number of nitrogen functional groups attached to an aromatic ring is 1. The fraction of sp³-hybridized carbons (Fsp3) is 0.385. The lowest BCUT2D eigenvalue weighted by atomic mass is 10.1. The Morgan fingerprint density at radius 1 is 1.53 bits per heavy atom. The minimum Gasteiger partial charge on any atom is -0.438 e. The minimum absolute atomic E-state index is 0.170. The summed E-state index contributed by atoms with van der Waals surface area (Å²) in [6.07, 6.45) is 0.940. The first-order chi connectivity index (χ1) is 9.28. The number of nitrogens with two attached hydrogens (primary N) is 1. The molecule has 19 heavy (non-hydrogen) atoms. The zero-order valence-electron chi connectivity index (χ0n) is 10.4. The van der Waals surface area contributed by atoms with Crippen LogP contribution in [-0.4, -0.2) is 31.0 Å². The molecule has 0 aliphatic carbocycles. The Bertz CT molecular complexity index is 602. The highest BCUT2D eigenvalue weighted by Gasteiger charge is 2.21. The van der Waals surface area contributed by atoms with E-state index in [1.165, 1.54) is 0 Å². The van der Waals surface area contributed by atoms with E-state index in [2.05, 4.69) is 10.3 Å². The Balaban J connectivity index is 1.97. The fourth-order valence-electron chi connectivity index (χ4n) is 2.18. The molecular weight excluding hydrogens is 246 g/mol. The van der Waals surface area contributed by atoms with Crippen LogP contribution in [0.15, 0.2) is 16.5 Å². The van der Waals surface area contributed by atoms with Gasteiger partial charge in [-0.05, 0) is 11.6 Å². The maximum atomic E-state index is 10.6. The molecule has 1 fully saturated rings. The molecule has 0 saturated carbocycles. The number of hydrogen-bond acceptors (Lipinski definition) is 6. The molecule has 100 valence electrons. The number of ether oxygens (including phenoxy) is 1. The van der Waals surface area contributed by atoms with Gasteiger partial charge in [0, 0.05) is 31.3 Å². The van der Waals surface area contributed by atoms with E-state index in [1.807, 2.05) is 0 Å². The molecule has 1 aliphatic heterocycles. The lowest BCUT2D eigenvalue weighted by Crippen LogP contribution is -2.33. The third-order valence-electron chi connectivity index (χ3n) is 3.17. The van der Waals surface area contributed by atoms with E-state index < -0.39 is 0 Å². The first kappa shape index (κ1) is 12.1. The maximum Gasteiger partial charge on any atom is 0.225 e. The molecule has 2 heterocycles. The predicted molar refractivity (Wildman–Crippen MR) is 69.8 cm³/mol. The summed E-state index contributed by atoms with van der Waals surface area (Å²) in [6, 6.07) is 3.50. The molecule has 1 saturated heterocycles. The van der Waals surface area contributed by atoms with Gasteiger partial charge in [0.15, 0.2) is 5.58 Å². The summed E-state index contributed by atoms with van der Waals surface area (Å²) in [6.45, 7) is 2.17. The lowest BCUT2D eigenvalue weighted by Gasteiger charge is -2.20. The number of nitrogens with one attached hydrogen (secondary N) is 1. The number of carbonyl (C=O) groups is 1. The highest BCUT2D eigenvalue weighted by Crippen LogP contribution is 2.27. The number of nitrogens with zero attached hydrogens (tertiary/aromatic N) is 1. The molecule has 0 spiro atoms. The molecule has 2 aromatic rings. The van der Waals surface area contributed by atoms with Crippen LogP contribution in [0, 0.1) is 0 Å². The average molecular weight is 261 g/mol. The quantitative estimate of drug-likeness (QED) is 0.627. The molecule has 1 aromatic heterocycles. The van der Waals surface area contributed by atoms with Gasteiger partial charge in [-0.15, -0.1) is 0 Å².